The summed E-state index contributed by atoms with van der Waals surface area (Å²) in [6.45, 7) is 4.77. The summed E-state index contributed by atoms with van der Waals surface area (Å²) in [5, 5.41) is 0. The predicted molar refractivity (Wildman–Crippen MR) is 139 cm³/mol. The minimum absolute atomic E-state index is 0.135. The Labute approximate surface area is 203 Å². The van der Waals surface area contributed by atoms with Crippen LogP contribution in [0, 0.1) is 0 Å². The minimum Gasteiger partial charge on any atom is -0.455 e. The van der Waals surface area contributed by atoms with Gasteiger partial charge in [-0.25, -0.2) is 0 Å². The molecule has 9 heteroatoms. The van der Waals surface area contributed by atoms with Crippen LogP contribution in [0.2, 0.25) is 0 Å². The molecule has 1 aliphatic heterocycles. The number of benzene rings is 1. The van der Waals surface area contributed by atoms with Gasteiger partial charge in [-0.3, -0.25) is 19.1 Å². The Balaban J connectivity index is 1.62. The summed E-state index contributed by atoms with van der Waals surface area (Å²) in [5.74, 6) is 0.462. The van der Waals surface area contributed by atoms with Crippen LogP contribution in [0.3, 0.4) is 0 Å². The molecular formula is C24H21N3O3S3. The lowest BCUT2D eigenvalue weighted by atomic mass is 10.1. The number of carbonyl (C=O) groups is 1. The van der Waals surface area contributed by atoms with E-state index in [0.717, 1.165) is 22.4 Å². The summed E-state index contributed by atoms with van der Waals surface area (Å²) in [6, 6.07) is 14.1. The highest BCUT2D eigenvalue weighted by molar-refractivity contribution is 8.30. The lowest BCUT2D eigenvalue weighted by molar-refractivity contribution is -0.120. The van der Waals surface area contributed by atoms with Crippen molar-refractivity contribution in [2.75, 3.05) is 6.54 Å². The van der Waals surface area contributed by atoms with E-state index in [-0.39, 0.29) is 11.5 Å². The first-order valence-corrected chi connectivity index (χ1v) is 12.6. The standard InChI is InChI=1S/C24H21N3O3S3/c1-4-26-21(28)19(32-23(26)20-22(29)27(5-2)24(31)33-20)12-15-11-17-18(30-15)13-16(25(17)3)14-9-7-6-8-10-14/h6-13H,4-5H2,1-3H3/b19-12+,23-20+. The Morgan fingerprint density at radius 1 is 1.09 bits per heavy atom. The average Bonchev–Trinajstić information content (AvgIpc) is 3.52. The van der Waals surface area contributed by atoms with Crippen LogP contribution in [-0.4, -0.2) is 30.8 Å². The van der Waals surface area contributed by atoms with Crippen LogP contribution in [-0.2, 0) is 18.4 Å². The zero-order valence-corrected chi connectivity index (χ0v) is 20.8. The Kier molecular flexibility index (Phi) is 5.64. The number of aryl methyl sites for hydroxylation is 1. The number of fused-ring (bicyclic) bond motifs is 1. The molecule has 0 aliphatic carbocycles. The fraction of sp³-hybridized carbons (Fsp3) is 0.208. The van der Waals surface area contributed by atoms with Crippen LogP contribution in [0.25, 0.3) is 33.3 Å². The van der Waals surface area contributed by atoms with E-state index in [2.05, 4.69) is 16.7 Å². The maximum Gasteiger partial charge on any atom is 0.269 e. The first kappa shape index (κ1) is 21.9. The highest BCUT2D eigenvalue weighted by Gasteiger charge is 2.32. The molecule has 33 heavy (non-hydrogen) atoms. The number of furan rings is 1. The van der Waals surface area contributed by atoms with Crippen molar-refractivity contribution in [3.63, 3.8) is 0 Å². The normalized spacial score (nSPS) is 16.6. The minimum atomic E-state index is -0.139. The lowest BCUT2D eigenvalue weighted by Gasteiger charge is -2.09. The Bertz CT molecular complexity index is 1590. The third-order valence-corrected chi connectivity index (χ3v) is 8.37. The van der Waals surface area contributed by atoms with Crippen LogP contribution in [0.1, 0.15) is 19.6 Å². The van der Waals surface area contributed by atoms with E-state index >= 15 is 0 Å². The highest BCUT2D eigenvalue weighted by atomic mass is 32.2. The molecule has 0 radical (unpaired) electrons. The fourth-order valence-electron chi connectivity index (χ4n) is 3.99. The summed E-state index contributed by atoms with van der Waals surface area (Å²) in [4.78, 5) is 28.0. The zero-order chi connectivity index (χ0) is 23.3. The van der Waals surface area contributed by atoms with Gasteiger partial charge >= 0.3 is 0 Å². The summed E-state index contributed by atoms with van der Waals surface area (Å²) >= 11 is 7.90. The van der Waals surface area contributed by atoms with E-state index in [4.69, 9.17) is 16.6 Å². The first-order valence-electron chi connectivity index (χ1n) is 10.6. The Morgan fingerprint density at radius 2 is 1.85 bits per heavy atom. The quantitative estimate of drug-likeness (QED) is 0.406. The molecular weight excluding hydrogens is 474 g/mol. The molecule has 0 unspecified atom stereocenters. The van der Waals surface area contributed by atoms with Crippen LogP contribution in [0.5, 0.6) is 0 Å². The molecule has 0 atom stereocenters. The molecule has 0 N–H and O–H groups in total. The molecule has 1 amide bonds. The van der Waals surface area contributed by atoms with Gasteiger partial charge in [-0.15, -0.1) is 11.3 Å². The van der Waals surface area contributed by atoms with Crippen molar-refractivity contribution in [3.05, 3.63) is 67.8 Å². The zero-order valence-electron chi connectivity index (χ0n) is 18.3. The Hall–Kier alpha value is -2.88. The summed E-state index contributed by atoms with van der Waals surface area (Å²) < 4.78 is 11.5. The van der Waals surface area contributed by atoms with E-state index in [1.807, 2.05) is 51.2 Å². The van der Waals surface area contributed by atoms with Gasteiger partial charge in [-0.1, -0.05) is 54.3 Å². The summed E-state index contributed by atoms with van der Waals surface area (Å²) in [5.41, 5.74) is 3.75. The molecule has 1 aromatic carbocycles. The van der Waals surface area contributed by atoms with Gasteiger partial charge in [0.25, 0.3) is 11.5 Å². The van der Waals surface area contributed by atoms with Crippen LogP contribution in [0.4, 0.5) is 0 Å². The van der Waals surface area contributed by atoms with Gasteiger partial charge < -0.3 is 8.98 Å². The SMILES string of the molecule is CCN1C(=O)/C(=c2\s/c(=C/c3cc4c(cc(-c5ccccc5)n4C)o3)c(=O)n2CC)SC1=S. The van der Waals surface area contributed by atoms with Crippen molar-refractivity contribution >= 4 is 67.6 Å². The van der Waals surface area contributed by atoms with Crippen molar-refractivity contribution < 1.29 is 9.21 Å². The average molecular weight is 496 g/mol. The van der Waals surface area contributed by atoms with E-state index in [1.165, 1.54) is 23.1 Å². The molecule has 6 nitrogen and oxygen atoms in total. The van der Waals surface area contributed by atoms with Crippen molar-refractivity contribution in [3.8, 4) is 11.3 Å². The number of thiazole rings is 1. The van der Waals surface area contributed by atoms with Crippen LogP contribution >= 0.6 is 35.3 Å². The number of aromatic nitrogens is 2. The van der Waals surface area contributed by atoms with Crippen molar-refractivity contribution in [2.24, 2.45) is 7.05 Å². The summed E-state index contributed by atoms with van der Waals surface area (Å²) in [7, 11) is 2.00. The fourth-order valence-corrected chi connectivity index (χ4v) is 6.68. The number of nitrogens with zero attached hydrogens (tertiary/aromatic N) is 3. The van der Waals surface area contributed by atoms with Gasteiger partial charge in [0.05, 0.1) is 15.7 Å². The molecule has 3 aromatic heterocycles. The van der Waals surface area contributed by atoms with Gasteiger partial charge in [0.2, 0.25) is 0 Å². The van der Waals surface area contributed by atoms with Crippen LogP contribution in [0.15, 0.2) is 51.7 Å². The number of hydrogen-bond donors (Lipinski definition) is 0. The lowest BCUT2D eigenvalue weighted by Crippen LogP contribution is -2.33. The molecule has 0 saturated carbocycles. The Morgan fingerprint density at radius 3 is 2.48 bits per heavy atom. The first-order chi connectivity index (χ1) is 15.9. The molecule has 5 rings (SSSR count). The summed E-state index contributed by atoms with van der Waals surface area (Å²) in [6.07, 6.45) is 1.76. The molecule has 1 saturated heterocycles. The monoisotopic (exact) mass is 495 g/mol. The van der Waals surface area contributed by atoms with Crippen molar-refractivity contribution in [2.45, 2.75) is 20.4 Å². The van der Waals surface area contributed by atoms with E-state index in [0.29, 0.717) is 37.3 Å². The molecule has 0 bridgehead atoms. The third-order valence-electron chi connectivity index (χ3n) is 5.68. The highest BCUT2D eigenvalue weighted by Crippen LogP contribution is 2.31. The molecule has 4 heterocycles. The largest absolute Gasteiger partial charge is 0.455 e. The van der Waals surface area contributed by atoms with Gasteiger partial charge in [-0.05, 0) is 19.4 Å². The maximum absolute atomic E-state index is 13.1. The van der Waals surface area contributed by atoms with Crippen molar-refractivity contribution in [1.82, 2.24) is 14.0 Å². The maximum atomic E-state index is 13.1. The smallest absolute Gasteiger partial charge is 0.269 e. The van der Waals surface area contributed by atoms with Gasteiger partial charge in [0.15, 0.2) is 5.58 Å². The molecule has 1 fully saturated rings. The van der Waals surface area contributed by atoms with Gasteiger partial charge in [-0.2, -0.15) is 0 Å². The van der Waals surface area contributed by atoms with Gasteiger partial charge in [0.1, 0.15) is 19.6 Å². The predicted octanol–water partition coefficient (Wildman–Crippen LogP) is 3.50. The molecule has 1 aliphatic rings. The second-order valence-electron chi connectivity index (χ2n) is 7.56. The molecule has 168 valence electrons. The third kappa shape index (κ3) is 3.60. The topological polar surface area (TPSA) is 60.4 Å². The molecule has 4 aromatic rings. The number of thiocarbonyl (C=S) groups is 1. The number of hydrogen-bond acceptors (Lipinski definition) is 6. The number of rotatable bonds is 4. The second kappa shape index (κ2) is 8.48. The van der Waals surface area contributed by atoms with Crippen molar-refractivity contribution in [1.29, 1.82) is 0 Å². The van der Waals surface area contributed by atoms with E-state index in [9.17, 15) is 9.59 Å². The second-order valence-corrected chi connectivity index (χ2v) is 10.2. The van der Waals surface area contributed by atoms with E-state index < -0.39 is 0 Å². The van der Waals surface area contributed by atoms with Crippen LogP contribution < -0.4 is 14.8 Å². The number of amides is 1. The van der Waals surface area contributed by atoms with Gasteiger partial charge in [0, 0.05) is 38.3 Å². The number of carbonyl (C=O) groups excluding carboxylic acids is 1. The van der Waals surface area contributed by atoms with E-state index in [1.54, 1.807) is 15.5 Å². The molecule has 0 spiro atoms. The number of thioether (sulfide) groups is 1.